The molecule has 1 aliphatic heterocycles. The highest BCUT2D eigenvalue weighted by Crippen LogP contribution is 2.27. The number of amides is 2. The fraction of sp³-hybridized carbons (Fsp3) is 0.333. The summed E-state index contributed by atoms with van der Waals surface area (Å²) < 4.78 is 0. The Hall–Kier alpha value is -2.67. The fourth-order valence-electron chi connectivity index (χ4n) is 2.93. The predicted molar refractivity (Wildman–Crippen MR) is 101 cm³/mol. The van der Waals surface area contributed by atoms with Gasteiger partial charge < -0.3 is 15.5 Å². The first kappa shape index (κ1) is 18.1. The molecule has 0 bridgehead atoms. The molecule has 7 nitrogen and oxygen atoms in total. The zero-order valence-corrected chi connectivity index (χ0v) is 15.2. The Labute approximate surface area is 156 Å². The molecular formula is C18H20ClN5O2. The summed E-state index contributed by atoms with van der Waals surface area (Å²) >= 11 is 6.06. The predicted octanol–water partition coefficient (Wildman–Crippen LogP) is 2.94. The minimum atomic E-state index is -0.217. The number of halogens is 1. The van der Waals surface area contributed by atoms with Crippen LogP contribution in [0, 0.1) is 5.92 Å². The largest absolute Gasteiger partial charge is 0.341 e. The number of hydrogen-bond acceptors (Lipinski definition) is 5. The Morgan fingerprint density at radius 1 is 1.15 bits per heavy atom. The minimum Gasteiger partial charge on any atom is -0.341 e. The molecule has 1 aromatic carbocycles. The van der Waals surface area contributed by atoms with Gasteiger partial charge in [-0.05, 0) is 37.1 Å². The van der Waals surface area contributed by atoms with Crippen LogP contribution in [0.5, 0.6) is 0 Å². The molecule has 0 aliphatic carbocycles. The summed E-state index contributed by atoms with van der Waals surface area (Å²) in [4.78, 5) is 34.4. The van der Waals surface area contributed by atoms with Crippen LogP contribution in [0.3, 0.4) is 0 Å². The molecule has 1 saturated heterocycles. The fourth-order valence-corrected chi connectivity index (χ4v) is 3.09. The number of nitrogens with one attached hydrogen (secondary N) is 2. The van der Waals surface area contributed by atoms with Gasteiger partial charge in [0.05, 0.1) is 10.7 Å². The molecule has 8 heteroatoms. The molecule has 2 aromatic rings. The SMILES string of the molecule is CC(=O)Nc1cc(NC(=O)C2CCN(c3ncccn3)CC2)ccc1Cl. The second-order valence-corrected chi connectivity index (χ2v) is 6.58. The summed E-state index contributed by atoms with van der Waals surface area (Å²) in [5, 5.41) is 5.98. The third kappa shape index (κ3) is 4.49. The van der Waals surface area contributed by atoms with E-state index >= 15 is 0 Å². The Kier molecular flexibility index (Phi) is 5.68. The molecule has 1 fully saturated rings. The van der Waals surface area contributed by atoms with Crippen molar-refractivity contribution >= 4 is 40.7 Å². The molecular weight excluding hydrogens is 354 g/mol. The first-order chi connectivity index (χ1) is 12.5. The van der Waals surface area contributed by atoms with Crippen LogP contribution in [0.25, 0.3) is 0 Å². The Balaban J connectivity index is 1.58. The summed E-state index contributed by atoms with van der Waals surface area (Å²) in [6.07, 6.45) is 4.90. The van der Waals surface area contributed by atoms with Gasteiger partial charge in [0, 0.05) is 44.0 Å². The zero-order chi connectivity index (χ0) is 18.5. The summed E-state index contributed by atoms with van der Waals surface area (Å²) in [6.45, 7) is 2.88. The van der Waals surface area contributed by atoms with E-state index < -0.39 is 0 Å². The number of benzene rings is 1. The molecule has 3 rings (SSSR count). The van der Waals surface area contributed by atoms with Gasteiger partial charge in [-0.15, -0.1) is 0 Å². The number of nitrogens with zero attached hydrogens (tertiary/aromatic N) is 3. The number of piperidine rings is 1. The minimum absolute atomic E-state index is 0.0327. The lowest BCUT2D eigenvalue weighted by Gasteiger charge is -2.31. The molecule has 0 radical (unpaired) electrons. The average molecular weight is 374 g/mol. The first-order valence-corrected chi connectivity index (χ1v) is 8.80. The van der Waals surface area contributed by atoms with E-state index in [1.807, 2.05) is 0 Å². The molecule has 0 unspecified atom stereocenters. The van der Waals surface area contributed by atoms with Gasteiger partial charge in [0.2, 0.25) is 17.8 Å². The van der Waals surface area contributed by atoms with Gasteiger partial charge in [-0.3, -0.25) is 9.59 Å². The first-order valence-electron chi connectivity index (χ1n) is 8.43. The van der Waals surface area contributed by atoms with Gasteiger partial charge in [-0.1, -0.05) is 11.6 Å². The van der Waals surface area contributed by atoms with E-state index in [1.165, 1.54) is 6.92 Å². The Bertz CT molecular complexity index is 791. The molecule has 2 heterocycles. The van der Waals surface area contributed by atoms with Crippen molar-refractivity contribution in [3.05, 3.63) is 41.7 Å². The standard InChI is InChI=1S/C18H20ClN5O2/c1-12(25)22-16-11-14(3-4-15(16)19)23-17(26)13-5-9-24(10-6-13)18-20-7-2-8-21-18/h2-4,7-8,11,13H,5-6,9-10H2,1H3,(H,22,25)(H,23,26). The number of aromatic nitrogens is 2. The third-order valence-corrected chi connectivity index (χ3v) is 4.57. The molecule has 1 aromatic heterocycles. The third-order valence-electron chi connectivity index (χ3n) is 4.25. The van der Waals surface area contributed by atoms with Crippen LogP contribution in [0.15, 0.2) is 36.7 Å². The highest BCUT2D eigenvalue weighted by Gasteiger charge is 2.26. The van der Waals surface area contributed by atoms with Crippen molar-refractivity contribution in [1.82, 2.24) is 9.97 Å². The maximum absolute atomic E-state index is 12.5. The van der Waals surface area contributed by atoms with Crippen molar-refractivity contribution in [2.24, 2.45) is 5.92 Å². The number of carbonyl (C=O) groups is 2. The molecule has 1 aliphatic rings. The average Bonchev–Trinajstić information content (AvgIpc) is 2.65. The Morgan fingerprint density at radius 2 is 1.85 bits per heavy atom. The lowest BCUT2D eigenvalue weighted by atomic mass is 9.96. The highest BCUT2D eigenvalue weighted by molar-refractivity contribution is 6.33. The van der Waals surface area contributed by atoms with Crippen molar-refractivity contribution < 1.29 is 9.59 Å². The molecule has 2 N–H and O–H groups in total. The van der Waals surface area contributed by atoms with Gasteiger partial charge in [0.1, 0.15) is 0 Å². The molecule has 0 spiro atoms. The summed E-state index contributed by atoms with van der Waals surface area (Å²) in [7, 11) is 0. The van der Waals surface area contributed by atoms with Gasteiger partial charge in [0.25, 0.3) is 0 Å². The van der Waals surface area contributed by atoms with E-state index in [2.05, 4.69) is 25.5 Å². The van der Waals surface area contributed by atoms with Crippen molar-refractivity contribution in [2.45, 2.75) is 19.8 Å². The summed E-state index contributed by atoms with van der Waals surface area (Å²) in [5.74, 6) is 0.375. The van der Waals surface area contributed by atoms with E-state index in [0.717, 1.165) is 25.9 Å². The van der Waals surface area contributed by atoms with Gasteiger partial charge >= 0.3 is 0 Å². The second kappa shape index (κ2) is 8.14. The second-order valence-electron chi connectivity index (χ2n) is 6.18. The lowest BCUT2D eigenvalue weighted by molar-refractivity contribution is -0.120. The van der Waals surface area contributed by atoms with E-state index in [1.54, 1.807) is 36.7 Å². The summed E-state index contributed by atoms with van der Waals surface area (Å²) in [5.41, 5.74) is 1.09. The van der Waals surface area contributed by atoms with E-state index in [4.69, 9.17) is 11.6 Å². The smallest absolute Gasteiger partial charge is 0.227 e. The van der Waals surface area contributed by atoms with Crippen LogP contribution >= 0.6 is 11.6 Å². The maximum atomic E-state index is 12.5. The van der Waals surface area contributed by atoms with E-state index in [9.17, 15) is 9.59 Å². The van der Waals surface area contributed by atoms with Crippen molar-refractivity contribution in [1.29, 1.82) is 0 Å². The van der Waals surface area contributed by atoms with E-state index in [-0.39, 0.29) is 17.7 Å². The number of carbonyl (C=O) groups excluding carboxylic acids is 2. The highest BCUT2D eigenvalue weighted by atomic mass is 35.5. The number of rotatable bonds is 4. The molecule has 136 valence electrons. The van der Waals surface area contributed by atoms with Crippen LogP contribution in [0.2, 0.25) is 5.02 Å². The van der Waals surface area contributed by atoms with Crippen molar-refractivity contribution in [3.63, 3.8) is 0 Å². The van der Waals surface area contributed by atoms with Crippen LogP contribution in [0.1, 0.15) is 19.8 Å². The zero-order valence-electron chi connectivity index (χ0n) is 14.4. The molecule has 2 amide bonds. The quantitative estimate of drug-likeness (QED) is 0.860. The van der Waals surface area contributed by atoms with Gasteiger partial charge in [0.15, 0.2) is 0 Å². The topological polar surface area (TPSA) is 87.2 Å². The van der Waals surface area contributed by atoms with Gasteiger partial charge in [-0.2, -0.15) is 0 Å². The monoisotopic (exact) mass is 373 g/mol. The lowest BCUT2D eigenvalue weighted by Crippen LogP contribution is -2.39. The molecule has 0 saturated carbocycles. The number of hydrogen-bond donors (Lipinski definition) is 2. The van der Waals surface area contributed by atoms with Crippen molar-refractivity contribution in [3.8, 4) is 0 Å². The normalized spacial score (nSPS) is 14.8. The van der Waals surface area contributed by atoms with Crippen LogP contribution in [-0.4, -0.2) is 34.9 Å². The molecule has 0 atom stereocenters. The van der Waals surface area contributed by atoms with Gasteiger partial charge in [-0.25, -0.2) is 9.97 Å². The van der Waals surface area contributed by atoms with Crippen LogP contribution < -0.4 is 15.5 Å². The van der Waals surface area contributed by atoms with Crippen LogP contribution in [0.4, 0.5) is 17.3 Å². The maximum Gasteiger partial charge on any atom is 0.227 e. The van der Waals surface area contributed by atoms with Crippen LogP contribution in [-0.2, 0) is 9.59 Å². The number of anilines is 3. The summed E-state index contributed by atoms with van der Waals surface area (Å²) in [6, 6.07) is 6.82. The Morgan fingerprint density at radius 3 is 2.50 bits per heavy atom. The van der Waals surface area contributed by atoms with E-state index in [0.29, 0.717) is 22.3 Å². The molecule has 26 heavy (non-hydrogen) atoms. The van der Waals surface area contributed by atoms with Crippen molar-refractivity contribution in [2.75, 3.05) is 28.6 Å².